The van der Waals surface area contributed by atoms with Gasteiger partial charge in [0.05, 0.1) is 5.56 Å². The Morgan fingerprint density at radius 3 is 2.11 bits per heavy atom. The van der Waals surface area contributed by atoms with Crippen LogP contribution in [0.1, 0.15) is 28.4 Å². The van der Waals surface area contributed by atoms with Crippen LogP contribution in [0.2, 0.25) is 0 Å². The van der Waals surface area contributed by atoms with Crippen molar-refractivity contribution in [1.82, 2.24) is 15.3 Å². The van der Waals surface area contributed by atoms with Gasteiger partial charge in [-0.1, -0.05) is 60.7 Å². The van der Waals surface area contributed by atoms with Crippen LogP contribution in [-0.2, 0) is 13.0 Å². The van der Waals surface area contributed by atoms with Crippen LogP contribution in [0.15, 0.2) is 73.1 Å². The molecule has 0 fully saturated rings. The molecule has 0 aliphatic heterocycles. The summed E-state index contributed by atoms with van der Waals surface area (Å²) < 4.78 is 0. The molecule has 0 unspecified atom stereocenters. The van der Waals surface area contributed by atoms with Crippen LogP contribution in [0, 0.1) is 0 Å². The minimum atomic E-state index is -0.149. The molecule has 1 amide bonds. The van der Waals surface area contributed by atoms with Gasteiger partial charge in [0.2, 0.25) is 5.95 Å². The van der Waals surface area contributed by atoms with Crippen molar-refractivity contribution in [1.29, 1.82) is 0 Å². The molecule has 3 rings (SSSR count). The second-order valence-electron chi connectivity index (χ2n) is 6.26. The van der Waals surface area contributed by atoms with Crippen LogP contribution in [0.5, 0.6) is 0 Å². The van der Waals surface area contributed by atoms with E-state index in [1.165, 1.54) is 11.1 Å². The third kappa shape index (κ3) is 5.38. The fraction of sp³-hybridized carbons (Fsp3) is 0.227. The Hall–Kier alpha value is -3.21. The summed E-state index contributed by atoms with van der Waals surface area (Å²) in [7, 11) is 0. The Morgan fingerprint density at radius 1 is 0.926 bits per heavy atom. The first-order chi connectivity index (χ1) is 13.3. The van der Waals surface area contributed by atoms with Gasteiger partial charge in [0.15, 0.2) is 0 Å². The van der Waals surface area contributed by atoms with E-state index in [0.29, 0.717) is 18.1 Å². The summed E-state index contributed by atoms with van der Waals surface area (Å²) in [6.45, 7) is 4.17. The highest BCUT2D eigenvalue weighted by Gasteiger charge is 2.11. The molecule has 0 saturated carbocycles. The maximum atomic E-state index is 12.3. The third-order valence-corrected chi connectivity index (χ3v) is 4.32. The molecule has 2 aromatic carbocycles. The Balaban J connectivity index is 1.56. The van der Waals surface area contributed by atoms with Crippen molar-refractivity contribution in [3.05, 3.63) is 89.7 Å². The zero-order valence-corrected chi connectivity index (χ0v) is 15.5. The van der Waals surface area contributed by atoms with Crippen molar-refractivity contribution in [3.8, 4) is 0 Å². The Kier molecular flexibility index (Phi) is 6.52. The summed E-state index contributed by atoms with van der Waals surface area (Å²) in [5.41, 5.74) is 2.87. The average molecular weight is 360 g/mol. The van der Waals surface area contributed by atoms with Crippen LogP contribution in [-0.4, -0.2) is 29.0 Å². The topological polar surface area (TPSA) is 58.1 Å². The van der Waals surface area contributed by atoms with Crippen molar-refractivity contribution >= 4 is 11.9 Å². The number of carbonyl (C=O) groups is 1. The average Bonchev–Trinajstić information content (AvgIpc) is 2.73. The summed E-state index contributed by atoms with van der Waals surface area (Å²) in [4.78, 5) is 23.1. The Morgan fingerprint density at radius 2 is 1.52 bits per heavy atom. The number of nitrogens with zero attached hydrogens (tertiary/aromatic N) is 3. The number of benzene rings is 2. The van der Waals surface area contributed by atoms with Crippen LogP contribution in [0.25, 0.3) is 0 Å². The van der Waals surface area contributed by atoms with Gasteiger partial charge < -0.3 is 10.2 Å². The Bertz CT molecular complexity index is 835. The molecule has 138 valence electrons. The Labute approximate surface area is 160 Å². The lowest BCUT2D eigenvalue weighted by molar-refractivity contribution is 0.0953. The first-order valence-electron chi connectivity index (χ1n) is 9.19. The van der Waals surface area contributed by atoms with E-state index in [4.69, 9.17) is 0 Å². The maximum Gasteiger partial charge on any atom is 0.254 e. The van der Waals surface area contributed by atoms with Crippen LogP contribution >= 0.6 is 0 Å². The maximum absolute atomic E-state index is 12.3. The van der Waals surface area contributed by atoms with E-state index in [1.807, 2.05) is 36.4 Å². The number of carbonyl (C=O) groups excluding carboxylic acids is 1. The molecule has 0 saturated heterocycles. The van der Waals surface area contributed by atoms with Gasteiger partial charge in [0.1, 0.15) is 0 Å². The van der Waals surface area contributed by atoms with Gasteiger partial charge in [0, 0.05) is 32.0 Å². The number of hydrogen-bond acceptors (Lipinski definition) is 4. The van der Waals surface area contributed by atoms with Crippen molar-refractivity contribution in [2.75, 3.05) is 18.0 Å². The highest BCUT2D eigenvalue weighted by atomic mass is 16.1. The van der Waals surface area contributed by atoms with E-state index < -0.39 is 0 Å². The lowest BCUT2D eigenvalue weighted by Crippen LogP contribution is -2.27. The van der Waals surface area contributed by atoms with Crippen molar-refractivity contribution in [2.45, 2.75) is 19.9 Å². The summed E-state index contributed by atoms with van der Waals surface area (Å²) in [5.74, 6) is 0.478. The van der Waals surface area contributed by atoms with Gasteiger partial charge in [-0.05, 0) is 24.5 Å². The molecule has 0 aliphatic rings. The van der Waals surface area contributed by atoms with E-state index in [-0.39, 0.29) is 5.91 Å². The molecule has 0 atom stereocenters. The summed E-state index contributed by atoms with van der Waals surface area (Å²) in [5, 5.41) is 2.92. The summed E-state index contributed by atoms with van der Waals surface area (Å²) in [6.07, 6.45) is 3.98. The van der Waals surface area contributed by atoms with Crippen LogP contribution in [0.4, 0.5) is 5.95 Å². The summed E-state index contributed by atoms with van der Waals surface area (Å²) in [6, 6.07) is 20.3. The van der Waals surface area contributed by atoms with E-state index in [1.54, 1.807) is 12.4 Å². The number of nitrogens with one attached hydrogen (secondary N) is 1. The molecular formula is C22H24N4O. The molecule has 0 bridgehead atoms. The number of amides is 1. The van der Waals surface area contributed by atoms with Crippen molar-refractivity contribution in [2.24, 2.45) is 0 Å². The second-order valence-corrected chi connectivity index (χ2v) is 6.26. The molecule has 1 aromatic heterocycles. The molecule has 0 aliphatic carbocycles. The van der Waals surface area contributed by atoms with Gasteiger partial charge in [-0.3, -0.25) is 4.79 Å². The van der Waals surface area contributed by atoms with E-state index >= 15 is 0 Å². The number of anilines is 1. The monoisotopic (exact) mass is 360 g/mol. The van der Waals surface area contributed by atoms with E-state index in [9.17, 15) is 4.79 Å². The molecule has 3 aromatic rings. The third-order valence-electron chi connectivity index (χ3n) is 4.32. The van der Waals surface area contributed by atoms with Gasteiger partial charge in [-0.25, -0.2) is 9.97 Å². The molecule has 0 radical (unpaired) electrons. The largest absolute Gasteiger partial charge is 0.352 e. The highest BCUT2D eigenvalue weighted by Crippen LogP contribution is 2.12. The standard InChI is InChI=1S/C22H24N4O/c1-2-26(17-19-11-7-4-8-12-19)22-24-15-20(16-25-22)21(27)23-14-13-18-9-5-3-6-10-18/h3-12,15-16H,2,13-14,17H2,1H3,(H,23,27). The zero-order valence-electron chi connectivity index (χ0n) is 15.5. The van der Waals surface area contributed by atoms with Gasteiger partial charge in [0.25, 0.3) is 5.91 Å². The number of rotatable bonds is 8. The first-order valence-corrected chi connectivity index (χ1v) is 9.19. The van der Waals surface area contributed by atoms with Crippen LogP contribution < -0.4 is 10.2 Å². The predicted molar refractivity (Wildman–Crippen MR) is 108 cm³/mol. The molecule has 0 spiro atoms. The second kappa shape index (κ2) is 9.48. The normalized spacial score (nSPS) is 10.4. The van der Waals surface area contributed by atoms with Gasteiger partial charge >= 0.3 is 0 Å². The fourth-order valence-corrected chi connectivity index (χ4v) is 2.80. The smallest absolute Gasteiger partial charge is 0.254 e. The molecule has 1 N–H and O–H groups in total. The first kappa shape index (κ1) is 18.6. The predicted octanol–water partition coefficient (Wildman–Crippen LogP) is 3.48. The molecule has 5 heteroatoms. The van der Waals surface area contributed by atoms with E-state index in [0.717, 1.165) is 19.5 Å². The van der Waals surface area contributed by atoms with Crippen LogP contribution in [0.3, 0.4) is 0 Å². The lowest BCUT2D eigenvalue weighted by atomic mass is 10.1. The van der Waals surface area contributed by atoms with Gasteiger partial charge in [-0.15, -0.1) is 0 Å². The molecule has 5 nitrogen and oxygen atoms in total. The highest BCUT2D eigenvalue weighted by molar-refractivity contribution is 5.93. The molecule has 1 heterocycles. The quantitative estimate of drug-likeness (QED) is 0.668. The zero-order chi connectivity index (χ0) is 18.9. The van der Waals surface area contributed by atoms with Gasteiger partial charge in [-0.2, -0.15) is 0 Å². The lowest BCUT2D eigenvalue weighted by Gasteiger charge is -2.20. The fourth-order valence-electron chi connectivity index (χ4n) is 2.80. The number of hydrogen-bond donors (Lipinski definition) is 1. The SMILES string of the molecule is CCN(Cc1ccccc1)c1ncc(C(=O)NCCc2ccccc2)cn1. The van der Waals surface area contributed by atoms with E-state index in [2.05, 4.69) is 51.4 Å². The van der Waals surface area contributed by atoms with Crippen molar-refractivity contribution in [3.63, 3.8) is 0 Å². The van der Waals surface area contributed by atoms with Crippen molar-refractivity contribution < 1.29 is 4.79 Å². The molecule has 27 heavy (non-hydrogen) atoms. The number of aromatic nitrogens is 2. The minimum absolute atomic E-state index is 0.149. The molecular weight excluding hydrogens is 336 g/mol. The summed E-state index contributed by atoms with van der Waals surface area (Å²) >= 11 is 0. The minimum Gasteiger partial charge on any atom is -0.352 e.